The van der Waals surface area contributed by atoms with E-state index in [4.69, 9.17) is 4.74 Å². The molecule has 0 unspecified atom stereocenters. The van der Waals surface area contributed by atoms with Crippen LogP contribution in [0.4, 0.5) is 0 Å². The van der Waals surface area contributed by atoms with Crippen LogP contribution in [0.25, 0.3) is 0 Å². The maximum Gasteiger partial charge on any atom is 0.315 e. The minimum Gasteiger partial charge on any atom is -0.462 e. The van der Waals surface area contributed by atoms with E-state index in [1.54, 1.807) is 0 Å². The fourth-order valence-corrected chi connectivity index (χ4v) is 1.83. The smallest absolute Gasteiger partial charge is 0.315 e. The first-order valence-electron chi connectivity index (χ1n) is 5.13. The van der Waals surface area contributed by atoms with Gasteiger partial charge in [0.2, 0.25) is 0 Å². The monoisotopic (exact) mass is 202 g/mol. The first-order valence-corrected chi connectivity index (χ1v) is 5.76. The molecule has 0 aromatic rings. The van der Waals surface area contributed by atoms with Gasteiger partial charge < -0.3 is 4.74 Å². The maximum atomic E-state index is 11.0. The lowest BCUT2D eigenvalue weighted by atomic mass is 9.99. The molecule has 0 bridgehead atoms. The molecule has 0 aliphatic heterocycles. The molecule has 2 nitrogen and oxygen atoms in total. The van der Waals surface area contributed by atoms with E-state index in [1.807, 2.05) is 0 Å². The largest absolute Gasteiger partial charge is 0.462 e. The van der Waals surface area contributed by atoms with Crippen molar-refractivity contribution in [3.8, 4) is 0 Å². The highest BCUT2D eigenvalue weighted by molar-refractivity contribution is 7.81. The first-order chi connectivity index (χ1) is 6.33. The molecule has 0 saturated heterocycles. The second-order valence-electron chi connectivity index (χ2n) is 3.62. The van der Waals surface area contributed by atoms with E-state index in [1.165, 1.54) is 32.1 Å². The van der Waals surface area contributed by atoms with Crippen molar-refractivity contribution < 1.29 is 9.53 Å². The maximum absolute atomic E-state index is 11.0. The summed E-state index contributed by atoms with van der Waals surface area (Å²) in [4.78, 5) is 11.0. The van der Waals surface area contributed by atoms with Gasteiger partial charge in [0.25, 0.3) is 0 Å². The third-order valence-electron chi connectivity index (χ3n) is 2.48. The summed E-state index contributed by atoms with van der Waals surface area (Å²) in [6, 6.07) is 0. The Bertz CT molecular complexity index is 151. The number of ether oxygens (including phenoxy) is 1. The van der Waals surface area contributed by atoms with Crippen LogP contribution in [-0.2, 0) is 9.53 Å². The van der Waals surface area contributed by atoms with Crippen LogP contribution in [-0.4, -0.2) is 17.8 Å². The Morgan fingerprint density at radius 1 is 1.15 bits per heavy atom. The molecule has 3 heteroatoms. The first kappa shape index (κ1) is 10.9. The van der Waals surface area contributed by atoms with Gasteiger partial charge >= 0.3 is 5.97 Å². The van der Waals surface area contributed by atoms with E-state index in [2.05, 4.69) is 12.6 Å². The van der Waals surface area contributed by atoms with Crippen molar-refractivity contribution in [1.29, 1.82) is 0 Å². The van der Waals surface area contributed by atoms with Gasteiger partial charge in [-0.1, -0.05) is 19.3 Å². The number of hydrogen-bond acceptors (Lipinski definition) is 3. The van der Waals surface area contributed by atoms with Gasteiger partial charge in [0, 0.05) is 0 Å². The molecule has 0 radical (unpaired) electrons. The summed E-state index contributed by atoms with van der Waals surface area (Å²) >= 11 is 3.89. The Labute approximate surface area is 85.4 Å². The molecule has 0 atom stereocenters. The average Bonchev–Trinajstić information content (AvgIpc) is 2.09. The zero-order valence-corrected chi connectivity index (χ0v) is 8.89. The van der Waals surface area contributed by atoms with Crippen LogP contribution in [0.15, 0.2) is 0 Å². The second kappa shape index (κ2) is 6.30. The molecule has 0 aromatic carbocycles. The molecule has 0 heterocycles. The van der Waals surface area contributed by atoms with Crippen molar-refractivity contribution in [2.45, 2.75) is 51.0 Å². The molecule has 0 aromatic heterocycles. The molecule has 76 valence electrons. The topological polar surface area (TPSA) is 26.3 Å². The van der Waals surface area contributed by atoms with Crippen LogP contribution < -0.4 is 0 Å². The van der Waals surface area contributed by atoms with E-state index in [0.29, 0.717) is 0 Å². The minimum atomic E-state index is -0.172. The van der Waals surface area contributed by atoms with Gasteiger partial charge in [0.05, 0.1) is 5.75 Å². The molecule has 13 heavy (non-hydrogen) atoms. The van der Waals surface area contributed by atoms with Crippen LogP contribution in [0.3, 0.4) is 0 Å². The Balaban J connectivity index is 2.25. The lowest BCUT2D eigenvalue weighted by Crippen LogP contribution is -2.19. The molecule has 0 N–H and O–H groups in total. The van der Waals surface area contributed by atoms with Crippen molar-refractivity contribution in [2.24, 2.45) is 0 Å². The molecule has 1 aliphatic carbocycles. The summed E-state index contributed by atoms with van der Waals surface area (Å²) in [7, 11) is 0. The van der Waals surface area contributed by atoms with Gasteiger partial charge in [-0.05, 0) is 25.7 Å². The van der Waals surface area contributed by atoms with Gasteiger partial charge in [0.1, 0.15) is 6.10 Å². The number of hydrogen-bond donors (Lipinski definition) is 1. The molecule has 0 spiro atoms. The van der Waals surface area contributed by atoms with Crippen LogP contribution in [0.1, 0.15) is 44.9 Å². The Kier molecular flexibility index (Phi) is 5.28. The third-order valence-corrected chi connectivity index (χ3v) is 2.74. The van der Waals surface area contributed by atoms with E-state index >= 15 is 0 Å². The highest BCUT2D eigenvalue weighted by Gasteiger charge is 2.14. The van der Waals surface area contributed by atoms with Crippen molar-refractivity contribution >= 4 is 18.6 Å². The number of rotatable bonds is 2. The summed E-state index contributed by atoms with van der Waals surface area (Å²) in [5.74, 6) is 0.0326. The van der Waals surface area contributed by atoms with Crippen LogP contribution >= 0.6 is 12.6 Å². The second-order valence-corrected chi connectivity index (χ2v) is 3.93. The van der Waals surface area contributed by atoms with E-state index in [0.717, 1.165) is 12.8 Å². The quantitative estimate of drug-likeness (QED) is 0.550. The van der Waals surface area contributed by atoms with Crippen molar-refractivity contribution in [3.63, 3.8) is 0 Å². The summed E-state index contributed by atoms with van der Waals surface area (Å²) < 4.78 is 5.26. The zero-order chi connectivity index (χ0) is 9.52. The summed E-state index contributed by atoms with van der Waals surface area (Å²) in [5.41, 5.74) is 0. The average molecular weight is 202 g/mol. The van der Waals surface area contributed by atoms with Crippen LogP contribution in [0.2, 0.25) is 0 Å². The molecular weight excluding hydrogens is 184 g/mol. The highest BCUT2D eigenvalue weighted by atomic mass is 32.1. The normalized spacial score (nSPS) is 20.4. The van der Waals surface area contributed by atoms with E-state index in [-0.39, 0.29) is 17.8 Å². The Morgan fingerprint density at radius 2 is 1.69 bits per heavy atom. The van der Waals surface area contributed by atoms with E-state index < -0.39 is 0 Å². The van der Waals surface area contributed by atoms with Gasteiger partial charge in [0.15, 0.2) is 0 Å². The van der Waals surface area contributed by atoms with Gasteiger partial charge in [-0.3, -0.25) is 4.79 Å². The summed E-state index contributed by atoms with van der Waals surface area (Å²) in [6.45, 7) is 0. The molecule has 0 amide bonds. The summed E-state index contributed by atoms with van der Waals surface area (Å²) in [6.07, 6.45) is 8.56. The van der Waals surface area contributed by atoms with Crippen LogP contribution in [0.5, 0.6) is 0 Å². The fraction of sp³-hybridized carbons (Fsp3) is 0.900. The molecule has 1 rings (SSSR count). The van der Waals surface area contributed by atoms with Crippen molar-refractivity contribution in [2.75, 3.05) is 5.75 Å². The molecular formula is C10H18O2S. The zero-order valence-electron chi connectivity index (χ0n) is 8.00. The number of carbonyl (C=O) groups excluding carboxylic acids is 1. The van der Waals surface area contributed by atoms with Crippen molar-refractivity contribution in [1.82, 2.24) is 0 Å². The van der Waals surface area contributed by atoms with Gasteiger partial charge in [-0.25, -0.2) is 0 Å². The Hall–Kier alpha value is -0.180. The predicted octanol–water partition coefficient (Wildman–Crippen LogP) is 2.57. The van der Waals surface area contributed by atoms with E-state index in [9.17, 15) is 4.79 Å². The van der Waals surface area contributed by atoms with Crippen molar-refractivity contribution in [3.05, 3.63) is 0 Å². The minimum absolute atomic E-state index is 0.167. The lowest BCUT2D eigenvalue weighted by Gasteiger charge is -2.19. The molecule has 1 saturated carbocycles. The predicted molar refractivity (Wildman–Crippen MR) is 56.1 cm³/mol. The van der Waals surface area contributed by atoms with Crippen LogP contribution in [0, 0.1) is 0 Å². The summed E-state index contributed by atoms with van der Waals surface area (Å²) in [5, 5.41) is 0. The van der Waals surface area contributed by atoms with Gasteiger partial charge in [-0.15, -0.1) is 0 Å². The molecule has 1 fully saturated rings. The Morgan fingerprint density at radius 3 is 2.23 bits per heavy atom. The fourth-order valence-electron chi connectivity index (χ4n) is 1.76. The number of carbonyl (C=O) groups is 1. The standard InChI is InChI=1S/C10H18O2S/c11-10(8-13)12-9-6-4-2-1-3-5-7-9/h9,13H,1-8H2. The number of thiol groups is 1. The number of esters is 1. The SMILES string of the molecule is O=C(CS)OC1CCCCCCC1. The third kappa shape index (κ3) is 4.55. The highest BCUT2D eigenvalue weighted by Crippen LogP contribution is 2.19. The van der Waals surface area contributed by atoms with Gasteiger partial charge in [-0.2, -0.15) is 12.6 Å². The lowest BCUT2D eigenvalue weighted by molar-refractivity contribution is -0.146. The molecule has 1 aliphatic rings.